The Labute approximate surface area is 165 Å². The summed E-state index contributed by atoms with van der Waals surface area (Å²) in [6.45, 7) is 6.82. The van der Waals surface area contributed by atoms with Gasteiger partial charge >= 0.3 is 0 Å². The van der Waals surface area contributed by atoms with Crippen molar-refractivity contribution in [3.8, 4) is 6.07 Å². The van der Waals surface area contributed by atoms with Crippen LogP contribution in [0.5, 0.6) is 0 Å². The molecule has 0 atom stereocenters. The first-order valence-electron chi connectivity index (χ1n) is 9.59. The smallest absolute Gasteiger partial charge is 0.135 e. The van der Waals surface area contributed by atoms with Crippen LogP contribution < -0.4 is 4.90 Å². The number of aromatic nitrogens is 1. The SMILES string of the molecule is CC1(C)Cc2c(C#N)c(SCc3ccccc3)nc(N3CCCC3)c2CO1. The minimum absolute atomic E-state index is 0.246. The third kappa shape index (κ3) is 3.83. The van der Waals surface area contributed by atoms with E-state index in [9.17, 15) is 5.26 Å². The van der Waals surface area contributed by atoms with E-state index < -0.39 is 0 Å². The first-order chi connectivity index (χ1) is 13.1. The Hall–Kier alpha value is -2.03. The maximum absolute atomic E-state index is 9.94. The zero-order valence-corrected chi connectivity index (χ0v) is 16.8. The summed E-state index contributed by atoms with van der Waals surface area (Å²) in [5, 5.41) is 10.8. The van der Waals surface area contributed by atoms with Crippen molar-refractivity contribution < 1.29 is 4.74 Å². The lowest BCUT2D eigenvalue weighted by molar-refractivity contribution is -0.0402. The van der Waals surface area contributed by atoms with Crippen molar-refractivity contribution in [2.45, 2.75) is 56.1 Å². The fourth-order valence-corrected chi connectivity index (χ4v) is 4.82. The third-order valence-electron chi connectivity index (χ3n) is 5.30. The number of benzene rings is 1. The number of anilines is 1. The highest BCUT2D eigenvalue weighted by atomic mass is 32.2. The first kappa shape index (κ1) is 18.3. The predicted molar refractivity (Wildman–Crippen MR) is 109 cm³/mol. The van der Waals surface area contributed by atoms with E-state index in [2.05, 4.69) is 49.1 Å². The zero-order chi connectivity index (χ0) is 18.9. The molecule has 140 valence electrons. The fraction of sp³-hybridized carbons (Fsp3) is 0.455. The van der Waals surface area contributed by atoms with E-state index in [1.54, 1.807) is 11.8 Å². The number of rotatable bonds is 4. The third-order valence-corrected chi connectivity index (χ3v) is 6.35. The molecule has 2 aliphatic heterocycles. The number of fused-ring (bicyclic) bond motifs is 1. The minimum Gasteiger partial charge on any atom is -0.370 e. The van der Waals surface area contributed by atoms with Gasteiger partial charge in [-0.3, -0.25) is 0 Å². The van der Waals surface area contributed by atoms with Crippen molar-refractivity contribution in [1.82, 2.24) is 4.98 Å². The molecule has 5 heteroatoms. The molecule has 0 bridgehead atoms. The van der Waals surface area contributed by atoms with E-state index in [0.717, 1.165) is 52.8 Å². The summed E-state index contributed by atoms with van der Waals surface area (Å²) in [6.07, 6.45) is 3.16. The molecule has 0 unspecified atom stereocenters. The van der Waals surface area contributed by atoms with Crippen LogP contribution in [0.15, 0.2) is 35.4 Å². The molecule has 1 aromatic carbocycles. The maximum Gasteiger partial charge on any atom is 0.135 e. The van der Waals surface area contributed by atoms with Gasteiger partial charge in [0.25, 0.3) is 0 Å². The summed E-state index contributed by atoms with van der Waals surface area (Å²) >= 11 is 1.67. The predicted octanol–water partition coefficient (Wildman–Crippen LogP) is 4.70. The van der Waals surface area contributed by atoms with Gasteiger partial charge in [-0.1, -0.05) is 30.3 Å². The van der Waals surface area contributed by atoms with Crippen LogP contribution in [0.4, 0.5) is 5.82 Å². The van der Waals surface area contributed by atoms with Crippen LogP contribution in [0.25, 0.3) is 0 Å². The van der Waals surface area contributed by atoms with Crippen LogP contribution in [-0.2, 0) is 23.5 Å². The highest BCUT2D eigenvalue weighted by Crippen LogP contribution is 2.39. The van der Waals surface area contributed by atoms with Gasteiger partial charge in [0.15, 0.2) is 0 Å². The number of nitriles is 1. The van der Waals surface area contributed by atoms with E-state index in [4.69, 9.17) is 9.72 Å². The molecule has 1 saturated heterocycles. The summed E-state index contributed by atoms with van der Waals surface area (Å²) in [5.74, 6) is 1.85. The second-order valence-corrected chi connectivity index (χ2v) is 8.84. The molecular formula is C22H25N3OS. The van der Waals surface area contributed by atoms with Crippen molar-refractivity contribution in [2.75, 3.05) is 18.0 Å². The van der Waals surface area contributed by atoms with E-state index in [0.29, 0.717) is 6.61 Å². The summed E-state index contributed by atoms with van der Waals surface area (Å²) in [5.41, 5.74) is 4.00. The van der Waals surface area contributed by atoms with E-state index in [1.165, 1.54) is 18.4 Å². The molecule has 0 spiro atoms. The maximum atomic E-state index is 9.94. The second-order valence-electron chi connectivity index (χ2n) is 7.88. The Morgan fingerprint density at radius 3 is 2.63 bits per heavy atom. The number of pyridine rings is 1. The first-order valence-corrected chi connectivity index (χ1v) is 10.6. The second kappa shape index (κ2) is 7.53. The Balaban J connectivity index is 1.75. The fourth-order valence-electron chi connectivity index (χ4n) is 3.86. The normalized spacial score (nSPS) is 18.2. The molecule has 3 heterocycles. The summed E-state index contributed by atoms with van der Waals surface area (Å²) in [7, 11) is 0. The van der Waals surface area contributed by atoms with Gasteiger partial charge in [0.1, 0.15) is 16.9 Å². The van der Waals surface area contributed by atoms with Crippen LogP contribution in [0.2, 0.25) is 0 Å². The molecule has 4 rings (SSSR count). The molecular weight excluding hydrogens is 354 g/mol. The van der Waals surface area contributed by atoms with Gasteiger partial charge in [-0.2, -0.15) is 5.26 Å². The summed E-state index contributed by atoms with van der Waals surface area (Å²) < 4.78 is 6.08. The molecule has 1 fully saturated rings. The van der Waals surface area contributed by atoms with Crippen molar-refractivity contribution >= 4 is 17.6 Å². The van der Waals surface area contributed by atoms with Gasteiger partial charge in [-0.05, 0) is 37.8 Å². The largest absolute Gasteiger partial charge is 0.370 e. The van der Waals surface area contributed by atoms with Crippen molar-refractivity contribution in [3.63, 3.8) is 0 Å². The standard InChI is InChI=1S/C22H25N3OS/c1-22(2)12-17-18(13-23)21(27-15-16-8-4-3-5-9-16)24-20(19(17)14-26-22)25-10-6-7-11-25/h3-5,8-9H,6-7,10-12,14-15H2,1-2H3. The Morgan fingerprint density at radius 1 is 1.19 bits per heavy atom. The Morgan fingerprint density at radius 2 is 1.93 bits per heavy atom. The number of hydrogen-bond acceptors (Lipinski definition) is 5. The van der Waals surface area contributed by atoms with E-state index in [-0.39, 0.29) is 5.60 Å². The van der Waals surface area contributed by atoms with Gasteiger partial charge in [0, 0.05) is 30.8 Å². The lowest BCUT2D eigenvalue weighted by atomic mass is 9.89. The molecule has 2 aliphatic rings. The molecule has 0 aliphatic carbocycles. The average Bonchev–Trinajstić information content (AvgIpc) is 3.20. The van der Waals surface area contributed by atoms with E-state index >= 15 is 0 Å². The highest BCUT2D eigenvalue weighted by molar-refractivity contribution is 7.98. The zero-order valence-electron chi connectivity index (χ0n) is 16.0. The number of ether oxygens (including phenoxy) is 1. The molecule has 4 nitrogen and oxygen atoms in total. The Bertz CT molecular complexity index is 867. The van der Waals surface area contributed by atoms with Crippen LogP contribution in [0.1, 0.15) is 48.9 Å². The average molecular weight is 380 g/mol. The van der Waals surface area contributed by atoms with Crippen LogP contribution in [-0.4, -0.2) is 23.7 Å². The highest BCUT2D eigenvalue weighted by Gasteiger charge is 2.33. The minimum atomic E-state index is -0.246. The molecule has 0 saturated carbocycles. The summed E-state index contributed by atoms with van der Waals surface area (Å²) in [6, 6.07) is 12.8. The molecule has 0 radical (unpaired) electrons. The van der Waals surface area contributed by atoms with Gasteiger partial charge in [0.05, 0.1) is 17.8 Å². The number of nitrogens with zero attached hydrogens (tertiary/aromatic N) is 3. The van der Waals surface area contributed by atoms with Crippen LogP contribution in [0.3, 0.4) is 0 Å². The lowest BCUT2D eigenvalue weighted by Crippen LogP contribution is -2.34. The van der Waals surface area contributed by atoms with Gasteiger partial charge < -0.3 is 9.64 Å². The van der Waals surface area contributed by atoms with Crippen molar-refractivity contribution in [1.29, 1.82) is 5.26 Å². The van der Waals surface area contributed by atoms with Crippen LogP contribution >= 0.6 is 11.8 Å². The van der Waals surface area contributed by atoms with Crippen LogP contribution in [0, 0.1) is 11.3 Å². The number of hydrogen-bond donors (Lipinski definition) is 0. The molecule has 2 aromatic rings. The summed E-state index contributed by atoms with van der Waals surface area (Å²) in [4.78, 5) is 7.36. The number of thioether (sulfide) groups is 1. The lowest BCUT2D eigenvalue weighted by Gasteiger charge is -2.35. The molecule has 0 amide bonds. The van der Waals surface area contributed by atoms with Gasteiger partial charge in [-0.25, -0.2) is 4.98 Å². The molecule has 1 aromatic heterocycles. The molecule has 27 heavy (non-hydrogen) atoms. The van der Waals surface area contributed by atoms with E-state index in [1.807, 2.05) is 6.07 Å². The molecule has 0 N–H and O–H groups in total. The van der Waals surface area contributed by atoms with Gasteiger partial charge in [0.2, 0.25) is 0 Å². The van der Waals surface area contributed by atoms with Crippen molar-refractivity contribution in [3.05, 3.63) is 52.6 Å². The van der Waals surface area contributed by atoms with Gasteiger partial charge in [-0.15, -0.1) is 11.8 Å². The topological polar surface area (TPSA) is 49.2 Å². The quantitative estimate of drug-likeness (QED) is 0.721. The van der Waals surface area contributed by atoms with Crippen molar-refractivity contribution in [2.24, 2.45) is 0 Å². The monoisotopic (exact) mass is 379 g/mol. The Kier molecular flexibility index (Phi) is 5.12.